The van der Waals surface area contributed by atoms with E-state index in [9.17, 15) is 4.79 Å². The zero-order valence-corrected chi connectivity index (χ0v) is 10.2. The number of oxime groups is 1. The van der Waals surface area contributed by atoms with E-state index in [0.717, 1.165) is 0 Å². The zero-order chi connectivity index (χ0) is 13.7. The van der Waals surface area contributed by atoms with Crippen molar-refractivity contribution in [3.05, 3.63) is 5.69 Å². The van der Waals surface area contributed by atoms with Crippen molar-refractivity contribution in [2.45, 2.75) is 0 Å². The standard InChI is InChI=1S/C9H13N5O5/c1-16-9(15)18-13-8(6-7(10)12-19-11-6)14-2-4-17-5-3-14/h2-5H2,1H3,(H2,10,12)/b13-8-. The Morgan fingerprint density at radius 3 is 2.74 bits per heavy atom. The van der Waals surface area contributed by atoms with Gasteiger partial charge >= 0.3 is 6.16 Å². The molecule has 2 heterocycles. The molecule has 0 spiro atoms. The van der Waals surface area contributed by atoms with E-state index < -0.39 is 6.16 Å². The number of ether oxygens (including phenoxy) is 2. The fraction of sp³-hybridized carbons (Fsp3) is 0.556. The first kappa shape index (κ1) is 13.1. The van der Waals surface area contributed by atoms with E-state index in [4.69, 9.17) is 10.5 Å². The highest BCUT2D eigenvalue weighted by Gasteiger charge is 2.24. The van der Waals surface area contributed by atoms with Crippen LogP contribution in [0.2, 0.25) is 0 Å². The predicted molar refractivity (Wildman–Crippen MR) is 61.1 cm³/mol. The molecule has 1 aliphatic rings. The van der Waals surface area contributed by atoms with E-state index in [-0.39, 0.29) is 17.3 Å². The van der Waals surface area contributed by atoms with Gasteiger partial charge in [0.2, 0.25) is 5.84 Å². The van der Waals surface area contributed by atoms with Crippen molar-refractivity contribution in [2.24, 2.45) is 5.16 Å². The van der Waals surface area contributed by atoms with Crippen molar-refractivity contribution in [1.29, 1.82) is 0 Å². The van der Waals surface area contributed by atoms with E-state index in [2.05, 4.69) is 29.7 Å². The molecule has 1 fully saturated rings. The smallest absolute Gasteiger partial charge is 0.436 e. The van der Waals surface area contributed by atoms with Crippen LogP contribution in [0.1, 0.15) is 5.69 Å². The topological polar surface area (TPSA) is 125 Å². The van der Waals surface area contributed by atoms with Gasteiger partial charge in [-0.25, -0.2) is 9.42 Å². The van der Waals surface area contributed by atoms with E-state index in [1.165, 1.54) is 7.11 Å². The quantitative estimate of drug-likeness (QED) is 0.247. The third-order valence-electron chi connectivity index (χ3n) is 2.41. The molecule has 0 aromatic carbocycles. The Kier molecular flexibility index (Phi) is 4.13. The average molecular weight is 271 g/mol. The summed E-state index contributed by atoms with van der Waals surface area (Å²) in [4.78, 5) is 17.3. The molecule has 2 rings (SSSR count). The van der Waals surface area contributed by atoms with Gasteiger partial charge in [-0.15, -0.1) is 0 Å². The van der Waals surface area contributed by atoms with Gasteiger partial charge in [-0.05, 0) is 10.3 Å². The Balaban J connectivity index is 2.22. The van der Waals surface area contributed by atoms with E-state index in [1.54, 1.807) is 4.90 Å². The number of nitrogen functional groups attached to an aromatic ring is 1. The maximum Gasteiger partial charge on any atom is 0.534 e. The third kappa shape index (κ3) is 3.10. The molecule has 1 aromatic rings. The highest BCUT2D eigenvalue weighted by Crippen LogP contribution is 2.12. The molecule has 1 saturated heterocycles. The Morgan fingerprint density at radius 2 is 2.16 bits per heavy atom. The van der Waals surface area contributed by atoms with Crippen LogP contribution in [0.15, 0.2) is 9.78 Å². The van der Waals surface area contributed by atoms with E-state index >= 15 is 0 Å². The summed E-state index contributed by atoms with van der Waals surface area (Å²) in [6, 6.07) is 0. The summed E-state index contributed by atoms with van der Waals surface area (Å²) in [5, 5.41) is 10.8. The van der Waals surface area contributed by atoms with Gasteiger partial charge in [-0.1, -0.05) is 5.16 Å². The summed E-state index contributed by atoms with van der Waals surface area (Å²) in [6.07, 6.45) is -0.944. The lowest BCUT2D eigenvalue weighted by molar-refractivity contribution is 0.0595. The molecule has 1 aromatic heterocycles. The first-order valence-corrected chi connectivity index (χ1v) is 5.46. The molecule has 0 radical (unpaired) electrons. The van der Waals surface area contributed by atoms with Crippen LogP contribution in [0.3, 0.4) is 0 Å². The number of rotatable bonds is 2. The van der Waals surface area contributed by atoms with Crippen molar-refractivity contribution in [1.82, 2.24) is 15.2 Å². The molecule has 104 valence electrons. The first-order valence-electron chi connectivity index (χ1n) is 5.46. The van der Waals surface area contributed by atoms with Crippen molar-refractivity contribution < 1.29 is 23.7 Å². The normalized spacial score (nSPS) is 16.3. The van der Waals surface area contributed by atoms with Gasteiger partial charge < -0.3 is 20.1 Å². The van der Waals surface area contributed by atoms with Gasteiger partial charge in [-0.3, -0.25) is 4.84 Å². The summed E-state index contributed by atoms with van der Waals surface area (Å²) in [5.41, 5.74) is 5.81. The van der Waals surface area contributed by atoms with Crippen LogP contribution < -0.4 is 5.73 Å². The third-order valence-corrected chi connectivity index (χ3v) is 2.41. The van der Waals surface area contributed by atoms with Gasteiger partial charge in [0, 0.05) is 13.1 Å². The number of aromatic nitrogens is 2. The maximum absolute atomic E-state index is 11.0. The summed E-state index contributed by atoms with van der Waals surface area (Å²) in [6.45, 7) is 2.14. The molecule has 10 heteroatoms. The molecule has 0 bridgehead atoms. The number of anilines is 1. The summed E-state index contributed by atoms with van der Waals surface area (Å²) < 4.78 is 14.1. The second-order valence-electron chi connectivity index (χ2n) is 3.56. The molecule has 0 amide bonds. The average Bonchev–Trinajstić information content (AvgIpc) is 2.86. The minimum Gasteiger partial charge on any atom is -0.436 e. The highest BCUT2D eigenvalue weighted by molar-refractivity contribution is 6.00. The minimum absolute atomic E-state index is 0.0544. The Hall–Kier alpha value is -2.36. The molecule has 0 atom stereocenters. The Labute approximate surface area is 108 Å². The summed E-state index contributed by atoms with van der Waals surface area (Å²) >= 11 is 0. The number of hydrogen-bond donors (Lipinski definition) is 1. The zero-order valence-electron chi connectivity index (χ0n) is 10.2. The van der Waals surface area contributed by atoms with Gasteiger partial charge in [0.15, 0.2) is 11.5 Å². The van der Waals surface area contributed by atoms with Gasteiger partial charge in [0.05, 0.1) is 20.3 Å². The fourth-order valence-electron chi connectivity index (χ4n) is 1.49. The number of carbonyl (C=O) groups is 1. The van der Waals surface area contributed by atoms with E-state index in [1.807, 2.05) is 0 Å². The van der Waals surface area contributed by atoms with Gasteiger partial charge in [0.1, 0.15) is 0 Å². The molecule has 10 nitrogen and oxygen atoms in total. The SMILES string of the molecule is COC(=O)O/N=C(/c1nonc1N)N1CCOCC1. The predicted octanol–water partition coefficient (Wildman–Crippen LogP) is -0.571. The van der Waals surface area contributed by atoms with Crippen LogP contribution in [0, 0.1) is 0 Å². The van der Waals surface area contributed by atoms with Crippen molar-refractivity contribution in [3.63, 3.8) is 0 Å². The van der Waals surface area contributed by atoms with Crippen molar-refractivity contribution in [3.8, 4) is 0 Å². The van der Waals surface area contributed by atoms with Crippen LogP contribution in [-0.4, -0.2) is 60.6 Å². The van der Waals surface area contributed by atoms with Crippen LogP contribution in [0.5, 0.6) is 0 Å². The van der Waals surface area contributed by atoms with Crippen LogP contribution in [0.25, 0.3) is 0 Å². The Morgan fingerprint density at radius 1 is 1.42 bits per heavy atom. The number of nitrogens with two attached hydrogens (primary N) is 1. The number of amidine groups is 1. The summed E-state index contributed by atoms with van der Waals surface area (Å²) in [7, 11) is 1.18. The molecule has 19 heavy (non-hydrogen) atoms. The summed E-state index contributed by atoms with van der Waals surface area (Å²) in [5.74, 6) is 0.297. The minimum atomic E-state index is -0.944. The number of nitrogens with zero attached hydrogens (tertiary/aromatic N) is 4. The van der Waals surface area contributed by atoms with E-state index in [0.29, 0.717) is 26.3 Å². The second-order valence-corrected chi connectivity index (χ2v) is 3.56. The molecule has 0 aliphatic carbocycles. The molecule has 0 unspecified atom stereocenters. The number of carbonyl (C=O) groups excluding carboxylic acids is 1. The number of methoxy groups -OCH3 is 1. The van der Waals surface area contributed by atoms with Gasteiger partial charge in [0.25, 0.3) is 0 Å². The monoisotopic (exact) mass is 271 g/mol. The lowest BCUT2D eigenvalue weighted by Gasteiger charge is -2.27. The van der Waals surface area contributed by atoms with Crippen molar-refractivity contribution >= 4 is 17.8 Å². The van der Waals surface area contributed by atoms with Crippen LogP contribution in [-0.2, 0) is 14.3 Å². The van der Waals surface area contributed by atoms with Crippen LogP contribution in [0.4, 0.5) is 10.6 Å². The molecule has 2 N–H and O–H groups in total. The molecular formula is C9H13N5O5. The Bertz CT molecular complexity index is 467. The van der Waals surface area contributed by atoms with Crippen molar-refractivity contribution in [2.75, 3.05) is 39.1 Å². The van der Waals surface area contributed by atoms with Gasteiger partial charge in [-0.2, -0.15) is 0 Å². The largest absolute Gasteiger partial charge is 0.534 e. The number of hydrogen-bond acceptors (Lipinski definition) is 9. The lowest BCUT2D eigenvalue weighted by Crippen LogP contribution is -2.41. The fourth-order valence-corrected chi connectivity index (χ4v) is 1.49. The lowest BCUT2D eigenvalue weighted by atomic mass is 10.3. The van der Waals surface area contributed by atoms with Crippen LogP contribution >= 0.6 is 0 Å². The molecular weight excluding hydrogens is 258 g/mol. The highest BCUT2D eigenvalue weighted by atomic mass is 16.8. The maximum atomic E-state index is 11.0. The molecule has 1 aliphatic heterocycles. The number of morpholine rings is 1. The second kappa shape index (κ2) is 6.00. The molecule has 0 saturated carbocycles. The first-order chi connectivity index (χ1) is 9.22.